The molecule has 110 valence electrons. The fourth-order valence-electron chi connectivity index (χ4n) is 2.75. The van der Waals surface area contributed by atoms with Crippen molar-refractivity contribution in [1.82, 2.24) is 4.90 Å². The summed E-state index contributed by atoms with van der Waals surface area (Å²) >= 11 is 0. The maximum atomic E-state index is 12.5. The number of nitrogens with two attached hydrogens (primary N) is 1. The van der Waals surface area contributed by atoms with Crippen molar-refractivity contribution in [3.63, 3.8) is 0 Å². The zero-order valence-electron chi connectivity index (χ0n) is 12.6. The highest BCUT2D eigenvalue weighted by atomic mass is 16.5. The summed E-state index contributed by atoms with van der Waals surface area (Å²) in [5, 5.41) is 0. The van der Waals surface area contributed by atoms with Crippen LogP contribution in [0.3, 0.4) is 0 Å². The first-order valence-corrected chi connectivity index (χ1v) is 7.24. The van der Waals surface area contributed by atoms with Gasteiger partial charge in [0.1, 0.15) is 5.75 Å². The van der Waals surface area contributed by atoms with E-state index in [1.54, 1.807) is 18.2 Å². The first-order chi connectivity index (χ1) is 9.43. The second-order valence-corrected chi connectivity index (χ2v) is 6.18. The first kappa shape index (κ1) is 14.7. The number of likely N-dealkylation sites (tertiary alicyclic amines) is 1. The minimum Gasteiger partial charge on any atom is -0.492 e. The third-order valence-electron chi connectivity index (χ3n) is 3.74. The number of amides is 1. The number of nitrogen functional groups attached to an aromatic ring is 1. The van der Waals surface area contributed by atoms with E-state index in [1.807, 2.05) is 11.8 Å². The molecule has 0 unspecified atom stereocenters. The van der Waals surface area contributed by atoms with Gasteiger partial charge >= 0.3 is 0 Å². The summed E-state index contributed by atoms with van der Waals surface area (Å²) in [5.74, 6) is 0.704. The number of benzene rings is 1. The molecule has 0 spiro atoms. The molecule has 1 aliphatic heterocycles. The number of piperidine rings is 1. The molecule has 0 atom stereocenters. The average Bonchev–Trinajstić information content (AvgIpc) is 2.39. The van der Waals surface area contributed by atoms with Crippen LogP contribution in [0.25, 0.3) is 0 Å². The zero-order chi connectivity index (χ0) is 14.8. The summed E-state index contributed by atoms with van der Waals surface area (Å²) in [6.45, 7) is 8.53. The Kier molecular flexibility index (Phi) is 4.21. The molecule has 4 nitrogen and oxygen atoms in total. The van der Waals surface area contributed by atoms with Gasteiger partial charge in [0.05, 0.1) is 12.3 Å². The van der Waals surface area contributed by atoms with E-state index in [0.717, 1.165) is 19.5 Å². The molecule has 20 heavy (non-hydrogen) atoms. The molecule has 1 saturated heterocycles. The van der Waals surface area contributed by atoms with Crippen molar-refractivity contribution >= 4 is 11.6 Å². The topological polar surface area (TPSA) is 55.6 Å². The third kappa shape index (κ3) is 3.24. The van der Waals surface area contributed by atoms with E-state index in [9.17, 15) is 4.79 Å². The van der Waals surface area contributed by atoms with Gasteiger partial charge in [0.2, 0.25) is 0 Å². The second kappa shape index (κ2) is 5.73. The van der Waals surface area contributed by atoms with Gasteiger partial charge in [-0.2, -0.15) is 0 Å². The fraction of sp³-hybridized carbons (Fsp3) is 0.562. The van der Waals surface area contributed by atoms with Gasteiger partial charge in [0.25, 0.3) is 5.91 Å². The van der Waals surface area contributed by atoms with Gasteiger partial charge < -0.3 is 15.4 Å². The molecule has 0 saturated carbocycles. The van der Waals surface area contributed by atoms with Gasteiger partial charge in [-0.15, -0.1) is 0 Å². The van der Waals surface area contributed by atoms with Gasteiger partial charge in [-0.1, -0.05) is 13.8 Å². The maximum absolute atomic E-state index is 12.5. The number of nitrogens with zero attached hydrogens (tertiary/aromatic N) is 1. The van der Waals surface area contributed by atoms with Crippen LogP contribution in [0, 0.1) is 5.41 Å². The van der Waals surface area contributed by atoms with Crippen LogP contribution in [0.15, 0.2) is 18.2 Å². The van der Waals surface area contributed by atoms with Crippen molar-refractivity contribution in [3.8, 4) is 5.75 Å². The summed E-state index contributed by atoms with van der Waals surface area (Å²) in [6, 6.07) is 5.29. The summed E-state index contributed by atoms with van der Waals surface area (Å²) in [7, 11) is 0. The lowest BCUT2D eigenvalue weighted by atomic mass is 9.84. The van der Waals surface area contributed by atoms with Gasteiger partial charge in [-0.05, 0) is 43.4 Å². The molecule has 0 radical (unpaired) electrons. The summed E-state index contributed by atoms with van der Waals surface area (Å²) in [4.78, 5) is 14.5. The van der Waals surface area contributed by atoms with E-state index >= 15 is 0 Å². The van der Waals surface area contributed by atoms with Crippen LogP contribution in [0.1, 0.15) is 44.0 Å². The van der Waals surface area contributed by atoms with E-state index in [-0.39, 0.29) is 11.3 Å². The summed E-state index contributed by atoms with van der Waals surface area (Å²) in [5.41, 5.74) is 7.30. The number of carbonyl (C=O) groups excluding carboxylic acids is 1. The average molecular weight is 276 g/mol. The van der Waals surface area contributed by atoms with Crippen LogP contribution in [0.5, 0.6) is 5.75 Å². The van der Waals surface area contributed by atoms with E-state index in [0.29, 0.717) is 23.6 Å². The normalized spacial score (nSPS) is 17.9. The van der Waals surface area contributed by atoms with E-state index in [4.69, 9.17) is 10.5 Å². The monoisotopic (exact) mass is 276 g/mol. The fourth-order valence-corrected chi connectivity index (χ4v) is 2.75. The van der Waals surface area contributed by atoms with Crippen molar-refractivity contribution in [2.45, 2.75) is 33.6 Å². The van der Waals surface area contributed by atoms with Crippen LogP contribution in [-0.2, 0) is 0 Å². The van der Waals surface area contributed by atoms with Crippen molar-refractivity contribution < 1.29 is 9.53 Å². The van der Waals surface area contributed by atoms with Gasteiger partial charge in [0, 0.05) is 18.7 Å². The molecule has 1 aliphatic rings. The Balaban J connectivity index is 2.15. The molecule has 0 aromatic heterocycles. The number of rotatable bonds is 3. The standard InChI is InChI=1S/C16H24N2O2/c1-4-20-14-7-6-12(10-13(14)17)15(19)18-9-5-8-16(2,3)11-18/h6-7,10H,4-5,8-9,11,17H2,1-3H3. The molecule has 1 amide bonds. The maximum Gasteiger partial charge on any atom is 0.253 e. The minimum absolute atomic E-state index is 0.0625. The third-order valence-corrected chi connectivity index (χ3v) is 3.74. The number of hydrogen-bond donors (Lipinski definition) is 1. The highest BCUT2D eigenvalue weighted by molar-refractivity contribution is 5.95. The largest absolute Gasteiger partial charge is 0.492 e. The number of carbonyl (C=O) groups is 1. The van der Waals surface area contributed by atoms with Crippen LogP contribution < -0.4 is 10.5 Å². The van der Waals surface area contributed by atoms with Crippen LogP contribution in [0.4, 0.5) is 5.69 Å². The smallest absolute Gasteiger partial charge is 0.253 e. The molecule has 1 heterocycles. The van der Waals surface area contributed by atoms with Crippen LogP contribution in [0.2, 0.25) is 0 Å². The Hall–Kier alpha value is -1.71. The van der Waals surface area contributed by atoms with Gasteiger partial charge in [-0.3, -0.25) is 4.79 Å². The van der Waals surface area contributed by atoms with E-state index in [1.165, 1.54) is 6.42 Å². The predicted molar refractivity (Wildman–Crippen MR) is 80.9 cm³/mol. The van der Waals surface area contributed by atoms with Crippen molar-refractivity contribution in [3.05, 3.63) is 23.8 Å². The molecule has 4 heteroatoms. The van der Waals surface area contributed by atoms with Gasteiger partial charge in [0.15, 0.2) is 0 Å². The molecule has 2 rings (SSSR count). The van der Waals surface area contributed by atoms with Crippen molar-refractivity contribution in [1.29, 1.82) is 0 Å². The summed E-state index contributed by atoms with van der Waals surface area (Å²) < 4.78 is 5.40. The van der Waals surface area contributed by atoms with Crippen molar-refractivity contribution in [2.75, 3.05) is 25.4 Å². The quantitative estimate of drug-likeness (QED) is 0.864. The van der Waals surface area contributed by atoms with Crippen molar-refractivity contribution in [2.24, 2.45) is 5.41 Å². The highest BCUT2D eigenvalue weighted by Crippen LogP contribution is 2.30. The van der Waals surface area contributed by atoms with Gasteiger partial charge in [-0.25, -0.2) is 0 Å². The first-order valence-electron chi connectivity index (χ1n) is 7.24. The Morgan fingerprint density at radius 1 is 1.45 bits per heavy atom. The lowest BCUT2D eigenvalue weighted by Crippen LogP contribution is -2.43. The molecular formula is C16H24N2O2. The van der Waals surface area contributed by atoms with Crippen LogP contribution >= 0.6 is 0 Å². The van der Waals surface area contributed by atoms with E-state index in [2.05, 4.69) is 13.8 Å². The lowest BCUT2D eigenvalue weighted by Gasteiger charge is -2.38. The molecular weight excluding hydrogens is 252 g/mol. The summed E-state index contributed by atoms with van der Waals surface area (Å²) in [6.07, 6.45) is 2.23. The molecule has 0 bridgehead atoms. The molecule has 2 N–H and O–H groups in total. The molecule has 1 aromatic carbocycles. The zero-order valence-corrected chi connectivity index (χ0v) is 12.6. The molecule has 1 aromatic rings. The number of hydrogen-bond acceptors (Lipinski definition) is 3. The van der Waals surface area contributed by atoms with E-state index < -0.39 is 0 Å². The lowest BCUT2D eigenvalue weighted by molar-refractivity contribution is 0.0583. The van der Waals surface area contributed by atoms with Crippen LogP contribution in [-0.4, -0.2) is 30.5 Å². The Labute approximate surface area is 120 Å². The Morgan fingerprint density at radius 2 is 2.20 bits per heavy atom. The SMILES string of the molecule is CCOc1ccc(C(=O)N2CCCC(C)(C)C2)cc1N. The molecule has 1 fully saturated rings. The Morgan fingerprint density at radius 3 is 2.80 bits per heavy atom. The Bertz CT molecular complexity index is 497. The predicted octanol–water partition coefficient (Wildman–Crippen LogP) is 2.93. The number of ether oxygens (including phenoxy) is 1. The minimum atomic E-state index is 0.0625. The highest BCUT2D eigenvalue weighted by Gasteiger charge is 2.29. The second-order valence-electron chi connectivity index (χ2n) is 6.18. The number of anilines is 1. The molecule has 0 aliphatic carbocycles.